The fourth-order valence-corrected chi connectivity index (χ4v) is 6.44. The number of allylic oxidation sites excluding steroid dienone is 1. The van der Waals surface area contributed by atoms with Gasteiger partial charge in [-0.1, -0.05) is 58.4 Å². The highest BCUT2D eigenvalue weighted by Crippen LogP contribution is 2.40. The number of fused-ring (bicyclic) bond motifs is 1. The lowest BCUT2D eigenvalue weighted by atomic mass is 9.79. The van der Waals surface area contributed by atoms with Crippen LogP contribution in [0.15, 0.2) is 59.1 Å². The topological polar surface area (TPSA) is 26.8 Å². The van der Waals surface area contributed by atoms with Gasteiger partial charge in [0, 0.05) is 43.2 Å². The van der Waals surface area contributed by atoms with Gasteiger partial charge in [-0.2, -0.15) is 0 Å². The highest BCUT2D eigenvalue weighted by atomic mass is 79.9. The van der Waals surface area contributed by atoms with Crippen LogP contribution in [0.3, 0.4) is 0 Å². The number of likely N-dealkylation sites (tertiary alicyclic amines) is 2. The zero-order valence-corrected chi connectivity index (χ0v) is 21.9. The Bertz CT molecular complexity index is 1040. The molecular formula is C29H36BrN3O. The van der Waals surface area contributed by atoms with Gasteiger partial charge in [-0.25, -0.2) is 0 Å². The number of hydrogen-bond acceptors (Lipinski definition) is 3. The van der Waals surface area contributed by atoms with Crippen LogP contribution in [0.25, 0.3) is 5.57 Å². The van der Waals surface area contributed by atoms with Crippen molar-refractivity contribution in [3.63, 3.8) is 0 Å². The predicted octanol–water partition coefficient (Wildman–Crippen LogP) is 5.32. The summed E-state index contributed by atoms with van der Waals surface area (Å²) in [7, 11) is 1.96. The van der Waals surface area contributed by atoms with Crippen molar-refractivity contribution < 1.29 is 4.79 Å². The first-order valence-electron chi connectivity index (χ1n) is 12.8. The summed E-state index contributed by atoms with van der Waals surface area (Å²) >= 11 is 3.57. The van der Waals surface area contributed by atoms with Crippen LogP contribution in [0.4, 0.5) is 0 Å². The van der Waals surface area contributed by atoms with Crippen LogP contribution in [0.5, 0.6) is 0 Å². The van der Waals surface area contributed by atoms with Crippen LogP contribution in [0.2, 0.25) is 0 Å². The molecule has 34 heavy (non-hydrogen) atoms. The summed E-state index contributed by atoms with van der Waals surface area (Å²) in [4.78, 5) is 20.2. The van der Waals surface area contributed by atoms with Gasteiger partial charge < -0.3 is 9.80 Å². The molecule has 2 aromatic rings. The molecule has 2 aromatic carbocycles. The number of carbonyl (C=O) groups is 1. The average Bonchev–Trinajstić information content (AvgIpc) is 3.54. The van der Waals surface area contributed by atoms with Gasteiger partial charge in [0.2, 0.25) is 5.91 Å². The Kier molecular flexibility index (Phi) is 7.24. The fourth-order valence-electron chi connectivity index (χ4n) is 6.08. The molecule has 0 N–H and O–H groups in total. The van der Waals surface area contributed by atoms with Crippen LogP contribution < -0.4 is 0 Å². The molecule has 1 amide bonds. The molecular weight excluding hydrogens is 486 g/mol. The molecule has 0 aromatic heterocycles. The van der Waals surface area contributed by atoms with Gasteiger partial charge in [-0.05, 0) is 79.6 Å². The van der Waals surface area contributed by atoms with Crippen LogP contribution in [-0.2, 0) is 16.8 Å². The van der Waals surface area contributed by atoms with Crippen molar-refractivity contribution >= 4 is 27.4 Å². The van der Waals surface area contributed by atoms with Gasteiger partial charge in [0.25, 0.3) is 0 Å². The van der Waals surface area contributed by atoms with E-state index in [0.29, 0.717) is 6.42 Å². The third kappa shape index (κ3) is 4.89. The maximum absolute atomic E-state index is 13.0. The summed E-state index contributed by atoms with van der Waals surface area (Å²) in [5, 5.41) is 0. The van der Waals surface area contributed by atoms with E-state index in [0.717, 1.165) is 37.1 Å². The SMILES string of the molecule is CN(CCN1CCC(c2ccccc2)(N2CCCC2)CC1)C(=O)CC1=CCc2ccc(Br)cc21. The Morgan fingerprint density at radius 3 is 2.50 bits per heavy atom. The molecule has 0 spiro atoms. The molecule has 1 aliphatic carbocycles. The number of hydrogen-bond donors (Lipinski definition) is 0. The summed E-state index contributed by atoms with van der Waals surface area (Å²) < 4.78 is 1.07. The number of amides is 1. The molecule has 2 aliphatic heterocycles. The second kappa shape index (κ2) is 10.3. The molecule has 4 nitrogen and oxygen atoms in total. The quantitative estimate of drug-likeness (QED) is 0.492. The van der Waals surface area contributed by atoms with Crippen molar-refractivity contribution in [2.45, 2.75) is 44.1 Å². The number of rotatable bonds is 7. The maximum Gasteiger partial charge on any atom is 0.226 e. The molecule has 0 unspecified atom stereocenters. The van der Waals surface area contributed by atoms with Crippen molar-refractivity contribution in [1.29, 1.82) is 0 Å². The Morgan fingerprint density at radius 1 is 1.03 bits per heavy atom. The number of halogens is 1. The third-order valence-electron chi connectivity index (χ3n) is 8.21. The van der Waals surface area contributed by atoms with E-state index in [1.165, 1.54) is 61.0 Å². The van der Waals surface area contributed by atoms with Crippen LogP contribution in [-0.4, -0.2) is 66.9 Å². The van der Waals surface area contributed by atoms with Gasteiger partial charge in [0.15, 0.2) is 0 Å². The third-order valence-corrected chi connectivity index (χ3v) is 8.70. The van der Waals surface area contributed by atoms with E-state index < -0.39 is 0 Å². The summed E-state index contributed by atoms with van der Waals surface area (Å²) in [6.07, 6.45) is 8.64. The lowest BCUT2D eigenvalue weighted by Gasteiger charge is -2.48. The van der Waals surface area contributed by atoms with E-state index in [1.807, 2.05) is 11.9 Å². The van der Waals surface area contributed by atoms with Crippen molar-refractivity contribution in [3.05, 3.63) is 75.8 Å². The Balaban J connectivity index is 1.15. The maximum atomic E-state index is 13.0. The number of benzene rings is 2. The molecule has 5 heteroatoms. The smallest absolute Gasteiger partial charge is 0.226 e. The van der Waals surface area contributed by atoms with Gasteiger partial charge >= 0.3 is 0 Å². The molecule has 3 aliphatic rings. The zero-order valence-electron chi connectivity index (χ0n) is 20.3. The van der Waals surface area contributed by atoms with Gasteiger partial charge in [0.05, 0.1) is 6.42 Å². The van der Waals surface area contributed by atoms with Crippen molar-refractivity contribution in [2.24, 2.45) is 0 Å². The highest BCUT2D eigenvalue weighted by Gasteiger charge is 2.42. The molecule has 2 saturated heterocycles. The van der Waals surface area contributed by atoms with Crippen molar-refractivity contribution in [3.8, 4) is 0 Å². The normalized spacial score (nSPS) is 20.2. The zero-order chi connectivity index (χ0) is 23.5. The summed E-state index contributed by atoms with van der Waals surface area (Å²) in [6.45, 7) is 6.39. The number of nitrogens with zero attached hydrogens (tertiary/aromatic N) is 3. The monoisotopic (exact) mass is 521 g/mol. The van der Waals surface area contributed by atoms with Crippen LogP contribution >= 0.6 is 15.9 Å². The van der Waals surface area contributed by atoms with E-state index in [4.69, 9.17) is 0 Å². The van der Waals surface area contributed by atoms with Crippen LogP contribution in [0, 0.1) is 0 Å². The van der Waals surface area contributed by atoms with Crippen LogP contribution in [0.1, 0.15) is 48.8 Å². The Hall–Kier alpha value is -1.95. The number of piperidine rings is 1. The minimum absolute atomic E-state index is 0.187. The van der Waals surface area contributed by atoms with E-state index in [-0.39, 0.29) is 11.4 Å². The van der Waals surface area contributed by atoms with Crippen molar-refractivity contribution in [2.75, 3.05) is 46.3 Å². The second-order valence-corrected chi connectivity index (χ2v) is 11.1. The van der Waals surface area contributed by atoms with E-state index >= 15 is 0 Å². The predicted molar refractivity (Wildman–Crippen MR) is 143 cm³/mol. The minimum Gasteiger partial charge on any atom is -0.344 e. The molecule has 180 valence electrons. The molecule has 0 atom stereocenters. The first kappa shape index (κ1) is 23.8. The fraction of sp³-hybridized carbons (Fsp3) is 0.483. The first-order valence-corrected chi connectivity index (χ1v) is 13.6. The van der Waals surface area contributed by atoms with Gasteiger partial charge in [-0.3, -0.25) is 9.69 Å². The first-order chi connectivity index (χ1) is 16.5. The summed E-state index contributed by atoms with van der Waals surface area (Å²) in [5.74, 6) is 0.215. The number of likely N-dealkylation sites (N-methyl/N-ethyl adjacent to an activating group) is 1. The second-order valence-electron chi connectivity index (χ2n) is 10.2. The van der Waals surface area contributed by atoms with E-state index in [9.17, 15) is 4.79 Å². The standard InChI is InChI=1S/C29H36BrN3O/c1-31(28(34)21-24-10-9-23-11-12-26(30)22-27(23)24)19-20-32-17-13-29(14-18-32,33-15-5-6-16-33)25-7-3-2-4-8-25/h2-4,7-8,10-12,22H,5-6,9,13-21H2,1H3. The Labute approximate surface area is 212 Å². The molecule has 5 rings (SSSR count). The Morgan fingerprint density at radius 2 is 1.76 bits per heavy atom. The van der Waals surface area contributed by atoms with Crippen molar-refractivity contribution in [1.82, 2.24) is 14.7 Å². The average molecular weight is 523 g/mol. The molecule has 0 saturated carbocycles. The van der Waals surface area contributed by atoms with E-state index in [1.54, 1.807) is 0 Å². The highest BCUT2D eigenvalue weighted by molar-refractivity contribution is 9.10. The summed E-state index contributed by atoms with van der Waals surface area (Å²) in [6, 6.07) is 17.6. The largest absolute Gasteiger partial charge is 0.344 e. The lowest BCUT2D eigenvalue weighted by molar-refractivity contribution is -0.129. The number of carbonyl (C=O) groups excluding carboxylic acids is 1. The minimum atomic E-state index is 0.187. The van der Waals surface area contributed by atoms with Gasteiger partial charge in [-0.15, -0.1) is 0 Å². The summed E-state index contributed by atoms with van der Waals surface area (Å²) in [5.41, 5.74) is 5.39. The lowest BCUT2D eigenvalue weighted by Crippen LogP contribution is -2.53. The molecule has 2 heterocycles. The molecule has 0 radical (unpaired) electrons. The molecule has 2 fully saturated rings. The van der Waals surface area contributed by atoms with E-state index in [2.05, 4.69) is 80.3 Å². The molecule has 0 bridgehead atoms. The van der Waals surface area contributed by atoms with Gasteiger partial charge in [0.1, 0.15) is 0 Å².